The predicted octanol–water partition coefficient (Wildman–Crippen LogP) is 0.151. The van der Waals surface area contributed by atoms with Gasteiger partial charge in [0.2, 0.25) is 0 Å². The van der Waals surface area contributed by atoms with Crippen LogP contribution in [0.4, 0.5) is 0 Å². The molecule has 1 saturated heterocycles. The van der Waals surface area contributed by atoms with E-state index in [2.05, 4.69) is 4.74 Å². The highest BCUT2D eigenvalue weighted by atomic mass is 35.5. The van der Waals surface area contributed by atoms with Gasteiger partial charge in [0.25, 0.3) is 0 Å². The molecule has 0 saturated carbocycles. The molecule has 0 aromatic rings. The Labute approximate surface area is 40.0 Å². The molecule has 0 aliphatic carbocycles. The highest BCUT2D eigenvalue weighted by Crippen LogP contribution is 2.08. The Kier molecular flexibility index (Phi) is 0.733. The van der Waals surface area contributed by atoms with Crippen LogP contribution in [-0.4, -0.2) is 18.0 Å². The van der Waals surface area contributed by atoms with Crippen LogP contribution in [0.2, 0.25) is 0 Å². The Morgan fingerprint density at radius 2 is 2.50 bits per heavy atom. The van der Waals surface area contributed by atoms with E-state index >= 15 is 0 Å². The summed E-state index contributed by atoms with van der Waals surface area (Å²) >= 11 is 5.22. The molecule has 0 spiro atoms. The number of cyclic esters (lactones) is 1. The Bertz CT molecular complexity index is 80.9. The average molecular weight is 107 g/mol. The van der Waals surface area contributed by atoms with Crippen LogP contribution in [0.15, 0.2) is 0 Å². The largest absolute Gasteiger partial charge is 0.462 e. The van der Waals surface area contributed by atoms with Gasteiger partial charge in [-0.05, 0) is 0 Å². The Balaban J connectivity index is 2.39. The van der Waals surface area contributed by atoms with E-state index in [4.69, 9.17) is 11.6 Å². The Hall–Kier alpha value is -0.240. The first-order valence-corrected chi connectivity index (χ1v) is 2.05. The smallest absolute Gasteiger partial charge is 0.327 e. The molecular weight excluding hydrogens is 103 g/mol. The highest BCUT2D eigenvalue weighted by molar-refractivity contribution is 6.31. The fourth-order valence-electron chi connectivity index (χ4n) is 0.214. The summed E-state index contributed by atoms with van der Waals surface area (Å²) in [5, 5.41) is -0.356. The highest BCUT2D eigenvalue weighted by Gasteiger charge is 2.27. The van der Waals surface area contributed by atoms with Crippen LogP contribution in [0.5, 0.6) is 0 Å². The van der Waals surface area contributed by atoms with Crippen molar-refractivity contribution < 1.29 is 9.53 Å². The summed E-state index contributed by atoms with van der Waals surface area (Å²) in [5.74, 6) is -0.295. The number of esters is 1. The van der Waals surface area contributed by atoms with Crippen LogP contribution in [0.3, 0.4) is 0 Å². The summed E-state index contributed by atoms with van der Waals surface area (Å²) in [4.78, 5) is 9.88. The van der Waals surface area contributed by atoms with E-state index in [0.717, 1.165) is 0 Å². The Morgan fingerprint density at radius 1 is 2.00 bits per heavy atom. The van der Waals surface area contributed by atoms with Gasteiger partial charge in [-0.25, -0.2) is 0 Å². The van der Waals surface area contributed by atoms with E-state index in [9.17, 15) is 4.79 Å². The van der Waals surface area contributed by atoms with Crippen molar-refractivity contribution in [1.82, 2.24) is 0 Å². The number of ether oxygens (including phenoxy) is 1. The first-order chi connectivity index (χ1) is 2.80. The molecule has 0 aromatic heterocycles. The van der Waals surface area contributed by atoms with Crippen molar-refractivity contribution >= 4 is 17.6 Å². The minimum Gasteiger partial charge on any atom is -0.462 e. The molecule has 34 valence electrons. The maximum absolute atomic E-state index is 9.88. The van der Waals surface area contributed by atoms with Crippen LogP contribution in [0.1, 0.15) is 0 Å². The first kappa shape index (κ1) is 3.93. The van der Waals surface area contributed by atoms with Gasteiger partial charge in [0.1, 0.15) is 6.61 Å². The van der Waals surface area contributed by atoms with Gasteiger partial charge in [-0.15, -0.1) is 11.6 Å². The Morgan fingerprint density at radius 3 is 2.50 bits per heavy atom. The van der Waals surface area contributed by atoms with Gasteiger partial charge < -0.3 is 4.74 Å². The van der Waals surface area contributed by atoms with E-state index in [1.807, 2.05) is 0 Å². The summed E-state index contributed by atoms with van der Waals surface area (Å²) in [6.07, 6.45) is 0. The molecule has 6 heavy (non-hydrogen) atoms. The SMILES string of the molecule is O=C1OCC1Cl. The third kappa shape index (κ3) is 0.373. The molecule has 0 radical (unpaired) electrons. The molecule has 0 amide bonds. The zero-order valence-corrected chi connectivity index (χ0v) is 3.73. The zero-order chi connectivity index (χ0) is 4.57. The number of rotatable bonds is 0. The van der Waals surface area contributed by atoms with Crippen LogP contribution in [0, 0.1) is 0 Å². The fraction of sp³-hybridized carbons (Fsp3) is 0.667. The van der Waals surface area contributed by atoms with Crippen LogP contribution in [0.25, 0.3) is 0 Å². The average Bonchev–Trinajstić information content (AvgIpc) is 1.61. The van der Waals surface area contributed by atoms with Crippen molar-refractivity contribution in [3.05, 3.63) is 0 Å². The normalized spacial score (nSPS) is 31.5. The molecule has 3 heteroatoms. The fourth-order valence-corrected chi connectivity index (χ4v) is 0.340. The van der Waals surface area contributed by atoms with Gasteiger partial charge in [-0.1, -0.05) is 0 Å². The number of hydrogen-bond acceptors (Lipinski definition) is 2. The summed E-state index contributed by atoms with van der Waals surface area (Å²) in [6, 6.07) is 0. The summed E-state index contributed by atoms with van der Waals surface area (Å²) in [5.41, 5.74) is 0. The van der Waals surface area contributed by atoms with Gasteiger partial charge in [-0.2, -0.15) is 0 Å². The van der Waals surface area contributed by atoms with Gasteiger partial charge >= 0.3 is 5.97 Å². The quantitative estimate of drug-likeness (QED) is 0.325. The summed E-state index contributed by atoms with van der Waals surface area (Å²) in [7, 11) is 0. The van der Waals surface area contributed by atoms with Crippen LogP contribution < -0.4 is 0 Å². The van der Waals surface area contributed by atoms with Gasteiger partial charge in [0, 0.05) is 0 Å². The van der Waals surface area contributed by atoms with Crippen LogP contribution in [-0.2, 0) is 9.53 Å². The van der Waals surface area contributed by atoms with E-state index in [0.29, 0.717) is 6.61 Å². The summed E-state index contributed by atoms with van der Waals surface area (Å²) < 4.78 is 4.27. The van der Waals surface area contributed by atoms with Crippen molar-refractivity contribution in [2.45, 2.75) is 5.38 Å². The molecule has 1 heterocycles. The number of alkyl halides is 1. The number of halogens is 1. The third-order valence-corrected chi connectivity index (χ3v) is 0.932. The molecule has 1 aliphatic rings. The molecular formula is C3H3ClO2. The first-order valence-electron chi connectivity index (χ1n) is 1.61. The second-order valence-corrected chi connectivity index (χ2v) is 1.62. The lowest BCUT2D eigenvalue weighted by Gasteiger charge is -2.16. The molecule has 1 rings (SSSR count). The number of carbonyl (C=O) groups excluding carboxylic acids is 1. The van der Waals surface area contributed by atoms with Gasteiger partial charge in [0.15, 0.2) is 5.38 Å². The molecule has 1 unspecified atom stereocenters. The lowest BCUT2D eigenvalue weighted by Crippen LogP contribution is -2.35. The van der Waals surface area contributed by atoms with Gasteiger partial charge in [-0.3, -0.25) is 4.79 Å². The number of hydrogen-bond donors (Lipinski definition) is 0. The number of carbonyl (C=O) groups is 1. The lowest BCUT2D eigenvalue weighted by atomic mass is 10.4. The molecule has 0 bridgehead atoms. The predicted molar refractivity (Wildman–Crippen MR) is 20.6 cm³/mol. The molecule has 2 nitrogen and oxygen atoms in total. The molecule has 0 N–H and O–H groups in total. The maximum Gasteiger partial charge on any atom is 0.327 e. The molecule has 1 aliphatic heterocycles. The third-order valence-electron chi connectivity index (χ3n) is 0.628. The zero-order valence-electron chi connectivity index (χ0n) is 2.98. The van der Waals surface area contributed by atoms with Gasteiger partial charge in [0.05, 0.1) is 0 Å². The van der Waals surface area contributed by atoms with E-state index in [1.165, 1.54) is 0 Å². The van der Waals surface area contributed by atoms with E-state index in [-0.39, 0.29) is 11.3 Å². The second kappa shape index (κ2) is 1.12. The molecule has 1 atom stereocenters. The van der Waals surface area contributed by atoms with E-state index in [1.54, 1.807) is 0 Å². The lowest BCUT2D eigenvalue weighted by molar-refractivity contribution is -0.156. The van der Waals surface area contributed by atoms with Crippen molar-refractivity contribution in [3.63, 3.8) is 0 Å². The topological polar surface area (TPSA) is 26.3 Å². The monoisotopic (exact) mass is 106 g/mol. The van der Waals surface area contributed by atoms with E-state index < -0.39 is 0 Å². The second-order valence-electron chi connectivity index (χ2n) is 1.10. The molecule has 1 fully saturated rings. The van der Waals surface area contributed by atoms with Crippen molar-refractivity contribution in [2.75, 3.05) is 6.61 Å². The minimum atomic E-state index is -0.356. The standard InChI is InChI=1S/C3H3ClO2/c4-2-1-6-3(2)5/h2H,1H2. The molecule has 0 aromatic carbocycles. The summed E-state index contributed by atoms with van der Waals surface area (Å²) in [6.45, 7) is 0.389. The van der Waals surface area contributed by atoms with Crippen molar-refractivity contribution in [2.24, 2.45) is 0 Å². The minimum absolute atomic E-state index is 0.295. The van der Waals surface area contributed by atoms with Crippen LogP contribution >= 0.6 is 11.6 Å². The maximum atomic E-state index is 9.88. The van der Waals surface area contributed by atoms with Crippen molar-refractivity contribution in [1.29, 1.82) is 0 Å². The van der Waals surface area contributed by atoms with Crippen molar-refractivity contribution in [3.8, 4) is 0 Å².